The summed E-state index contributed by atoms with van der Waals surface area (Å²) in [6.07, 6.45) is 4.68. The molecule has 1 aliphatic carbocycles. The van der Waals surface area contributed by atoms with Crippen LogP contribution in [0.2, 0.25) is 12.1 Å². The van der Waals surface area contributed by atoms with E-state index in [1.165, 1.54) is 12.0 Å². The molecule has 1 fully saturated rings. The standard InChI is InChI=1S/C5H12Si.C2H6/c1-6-5-3-2-4-5;1-2/h5H,2-4,6H2,1H3;1-2H3. The molecular weight excluding hydrogens is 112 g/mol. The Morgan fingerprint density at radius 1 is 1.25 bits per heavy atom. The molecule has 0 aromatic carbocycles. The fourth-order valence-electron chi connectivity index (χ4n) is 0.901. The summed E-state index contributed by atoms with van der Waals surface area (Å²) in [6, 6.07) is 0. The second-order valence-electron chi connectivity index (χ2n) is 2.21. The molecule has 0 heterocycles. The molecule has 1 aliphatic rings. The van der Waals surface area contributed by atoms with Crippen molar-refractivity contribution in [2.24, 2.45) is 0 Å². The normalized spacial score (nSPS) is 19.9. The monoisotopic (exact) mass is 130 g/mol. The van der Waals surface area contributed by atoms with Crippen LogP contribution in [0.3, 0.4) is 0 Å². The Balaban J connectivity index is 0.000000222. The van der Waals surface area contributed by atoms with Crippen molar-refractivity contribution in [3.05, 3.63) is 0 Å². The van der Waals surface area contributed by atoms with Gasteiger partial charge in [0.2, 0.25) is 0 Å². The minimum absolute atomic E-state index is 0.425. The molecular formula is C7H18Si. The SMILES string of the molecule is CC.C[SiH2]C1CCC1. The lowest BCUT2D eigenvalue weighted by atomic mass is 10.00. The molecule has 1 heteroatoms. The molecule has 0 N–H and O–H groups in total. The Kier molecular flexibility index (Phi) is 5.50. The maximum absolute atomic E-state index is 2.42. The third-order valence-electron chi connectivity index (χ3n) is 1.80. The van der Waals surface area contributed by atoms with Gasteiger partial charge in [-0.25, -0.2) is 0 Å². The van der Waals surface area contributed by atoms with Crippen molar-refractivity contribution in [3.8, 4) is 0 Å². The van der Waals surface area contributed by atoms with Crippen LogP contribution in [0, 0.1) is 0 Å². The maximum atomic E-state index is 2.42. The third-order valence-corrected chi connectivity index (χ3v) is 3.77. The van der Waals surface area contributed by atoms with E-state index in [1.807, 2.05) is 13.8 Å². The number of hydrogen-bond acceptors (Lipinski definition) is 0. The van der Waals surface area contributed by atoms with E-state index in [1.54, 1.807) is 12.8 Å². The largest absolute Gasteiger partial charge is 0.0746 e. The van der Waals surface area contributed by atoms with E-state index in [0.29, 0.717) is 9.52 Å². The molecule has 0 radical (unpaired) electrons. The molecule has 0 aliphatic heterocycles. The maximum Gasteiger partial charge on any atom is 0.0201 e. The molecule has 1 rings (SSSR count). The zero-order valence-corrected chi connectivity index (χ0v) is 7.82. The van der Waals surface area contributed by atoms with Crippen molar-refractivity contribution in [2.75, 3.05) is 0 Å². The van der Waals surface area contributed by atoms with Gasteiger partial charge in [0.05, 0.1) is 0 Å². The molecule has 0 aromatic heterocycles. The molecule has 0 saturated heterocycles. The first kappa shape index (κ1) is 8.22. The molecule has 1 saturated carbocycles. The number of rotatable bonds is 1. The molecule has 50 valence electrons. The van der Waals surface area contributed by atoms with Gasteiger partial charge in [0.1, 0.15) is 0 Å². The molecule has 8 heavy (non-hydrogen) atoms. The van der Waals surface area contributed by atoms with Gasteiger partial charge >= 0.3 is 0 Å². The van der Waals surface area contributed by atoms with Gasteiger partial charge in [-0.15, -0.1) is 0 Å². The molecule has 0 bridgehead atoms. The molecule has 0 aromatic rings. The lowest BCUT2D eigenvalue weighted by Gasteiger charge is -2.22. The van der Waals surface area contributed by atoms with Gasteiger partial charge in [-0.1, -0.05) is 45.2 Å². The Labute approximate surface area is 55.5 Å². The minimum atomic E-state index is 0.425. The van der Waals surface area contributed by atoms with Gasteiger partial charge in [-0.3, -0.25) is 0 Å². The van der Waals surface area contributed by atoms with Crippen LogP contribution in [0.1, 0.15) is 33.1 Å². The Morgan fingerprint density at radius 3 is 1.75 bits per heavy atom. The predicted molar refractivity (Wildman–Crippen MR) is 43.4 cm³/mol. The van der Waals surface area contributed by atoms with E-state index in [2.05, 4.69) is 6.55 Å². The summed E-state index contributed by atoms with van der Waals surface area (Å²) < 4.78 is 0. The van der Waals surface area contributed by atoms with Crippen molar-refractivity contribution in [2.45, 2.75) is 45.2 Å². The Bertz CT molecular complexity index is 36.9. The second kappa shape index (κ2) is 5.36. The molecule has 0 atom stereocenters. The highest BCUT2D eigenvalue weighted by molar-refractivity contribution is 6.35. The van der Waals surface area contributed by atoms with E-state index >= 15 is 0 Å². The van der Waals surface area contributed by atoms with Crippen LogP contribution in [0.5, 0.6) is 0 Å². The van der Waals surface area contributed by atoms with Crippen LogP contribution in [0.25, 0.3) is 0 Å². The highest BCUT2D eigenvalue weighted by atomic mass is 28.2. The van der Waals surface area contributed by atoms with E-state index < -0.39 is 0 Å². The summed E-state index contributed by atoms with van der Waals surface area (Å²) in [5, 5.41) is 0. The summed E-state index contributed by atoms with van der Waals surface area (Å²) in [5.41, 5.74) is 1.25. The van der Waals surface area contributed by atoms with Crippen LogP contribution in [0.4, 0.5) is 0 Å². The highest BCUT2D eigenvalue weighted by Gasteiger charge is 2.13. The van der Waals surface area contributed by atoms with Crippen molar-refractivity contribution >= 4 is 9.52 Å². The van der Waals surface area contributed by atoms with Crippen molar-refractivity contribution in [1.29, 1.82) is 0 Å². The third kappa shape index (κ3) is 2.51. The van der Waals surface area contributed by atoms with Gasteiger partial charge in [-0.2, -0.15) is 0 Å². The van der Waals surface area contributed by atoms with Crippen LogP contribution in [-0.2, 0) is 0 Å². The van der Waals surface area contributed by atoms with E-state index in [9.17, 15) is 0 Å². The summed E-state index contributed by atoms with van der Waals surface area (Å²) >= 11 is 0. The lowest BCUT2D eigenvalue weighted by Crippen LogP contribution is -2.08. The fourth-order valence-corrected chi connectivity index (χ4v) is 2.29. The first-order valence-electron chi connectivity index (χ1n) is 3.93. The first-order valence-corrected chi connectivity index (χ1v) is 6.16. The van der Waals surface area contributed by atoms with E-state index in [4.69, 9.17) is 0 Å². The Hall–Kier alpha value is 0.217. The highest BCUT2D eigenvalue weighted by Crippen LogP contribution is 2.30. The minimum Gasteiger partial charge on any atom is -0.0746 e. The average molecular weight is 130 g/mol. The van der Waals surface area contributed by atoms with Crippen molar-refractivity contribution < 1.29 is 0 Å². The van der Waals surface area contributed by atoms with Crippen molar-refractivity contribution in [1.82, 2.24) is 0 Å². The fraction of sp³-hybridized carbons (Fsp3) is 1.00. The molecule has 0 amide bonds. The molecule has 0 spiro atoms. The number of hydrogen-bond donors (Lipinski definition) is 0. The molecule has 0 unspecified atom stereocenters. The summed E-state index contributed by atoms with van der Waals surface area (Å²) in [5.74, 6) is 0. The predicted octanol–water partition coefficient (Wildman–Crippen LogP) is 2.20. The molecule has 0 nitrogen and oxygen atoms in total. The van der Waals surface area contributed by atoms with Gasteiger partial charge in [0, 0.05) is 9.52 Å². The quantitative estimate of drug-likeness (QED) is 0.477. The summed E-state index contributed by atoms with van der Waals surface area (Å²) in [7, 11) is 0.425. The van der Waals surface area contributed by atoms with Crippen LogP contribution >= 0.6 is 0 Å². The lowest BCUT2D eigenvalue weighted by molar-refractivity contribution is 0.499. The van der Waals surface area contributed by atoms with Crippen LogP contribution in [0.15, 0.2) is 0 Å². The second-order valence-corrected chi connectivity index (χ2v) is 4.18. The zero-order chi connectivity index (χ0) is 6.41. The Morgan fingerprint density at radius 2 is 1.75 bits per heavy atom. The average Bonchev–Trinajstić information content (AvgIpc) is 1.69. The van der Waals surface area contributed by atoms with Crippen molar-refractivity contribution in [3.63, 3.8) is 0 Å². The topological polar surface area (TPSA) is 0 Å². The van der Waals surface area contributed by atoms with Crippen LogP contribution in [-0.4, -0.2) is 9.52 Å². The smallest absolute Gasteiger partial charge is 0.0201 e. The van der Waals surface area contributed by atoms with E-state index in [-0.39, 0.29) is 0 Å². The summed E-state index contributed by atoms with van der Waals surface area (Å²) in [6.45, 7) is 6.42. The van der Waals surface area contributed by atoms with Gasteiger partial charge in [0.25, 0.3) is 0 Å². The van der Waals surface area contributed by atoms with Gasteiger partial charge < -0.3 is 0 Å². The van der Waals surface area contributed by atoms with Gasteiger partial charge in [0.15, 0.2) is 0 Å². The first-order chi connectivity index (χ1) is 3.93. The van der Waals surface area contributed by atoms with Crippen LogP contribution < -0.4 is 0 Å². The summed E-state index contributed by atoms with van der Waals surface area (Å²) in [4.78, 5) is 0. The van der Waals surface area contributed by atoms with E-state index in [0.717, 1.165) is 0 Å². The van der Waals surface area contributed by atoms with Gasteiger partial charge in [-0.05, 0) is 0 Å². The zero-order valence-electron chi connectivity index (χ0n) is 6.41.